The van der Waals surface area contributed by atoms with Crippen LogP contribution >= 0.6 is 0 Å². The standard InChI is InChI=1S/C18H17N3O2/c1-12-7-3-4-8-13(12)11-21-18(23)15-10-6-5-9-14(15)16(20-21)17(22)19-2/h3-10H,11H2,1-2H3,(H,19,22). The molecule has 1 N–H and O–H groups in total. The van der Waals surface area contributed by atoms with Gasteiger partial charge in [-0.2, -0.15) is 5.10 Å². The van der Waals surface area contributed by atoms with Crippen molar-refractivity contribution >= 4 is 16.7 Å². The Balaban J connectivity index is 2.22. The summed E-state index contributed by atoms with van der Waals surface area (Å²) in [6.45, 7) is 2.32. The minimum Gasteiger partial charge on any atom is -0.354 e. The molecule has 5 heteroatoms. The summed E-state index contributed by atoms with van der Waals surface area (Å²) in [5, 5.41) is 7.94. The van der Waals surface area contributed by atoms with Gasteiger partial charge in [-0.3, -0.25) is 9.59 Å². The highest BCUT2D eigenvalue weighted by Gasteiger charge is 2.15. The monoisotopic (exact) mass is 307 g/mol. The molecule has 3 aromatic rings. The number of aryl methyl sites for hydroxylation is 1. The van der Waals surface area contributed by atoms with Crippen molar-refractivity contribution in [2.24, 2.45) is 0 Å². The molecule has 5 nitrogen and oxygen atoms in total. The average Bonchev–Trinajstić information content (AvgIpc) is 2.58. The zero-order valence-corrected chi connectivity index (χ0v) is 13.0. The number of hydrogen-bond acceptors (Lipinski definition) is 3. The fraction of sp³-hybridized carbons (Fsp3) is 0.167. The Kier molecular flexibility index (Phi) is 3.93. The molecule has 23 heavy (non-hydrogen) atoms. The third-order valence-corrected chi connectivity index (χ3v) is 3.89. The van der Waals surface area contributed by atoms with Gasteiger partial charge in [-0.15, -0.1) is 0 Å². The molecule has 0 radical (unpaired) electrons. The second kappa shape index (κ2) is 6.04. The van der Waals surface area contributed by atoms with Gasteiger partial charge in [0.1, 0.15) is 0 Å². The van der Waals surface area contributed by atoms with Gasteiger partial charge < -0.3 is 5.32 Å². The van der Waals surface area contributed by atoms with Crippen molar-refractivity contribution in [2.45, 2.75) is 13.5 Å². The number of aromatic nitrogens is 2. The first-order valence-corrected chi connectivity index (χ1v) is 7.38. The number of nitrogens with zero attached hydrogens (tertiary/aromatic N) is 2. The second-order valence-electron chi connectivity index (χ2n) is 5.36. The number of carbonyl (C=O) groups is 1. The van der Waals surface area contributed by atoms with Gasteiger partial charge in [0.2, 0.25) is 0 Å². The number of rotatable bonds is 3. The largest absolute Gasteiger partial charge is 0.354 e. The molecular formula is C18H17N3O2. The molecule has 0 atom stereocenters. The van der Waals surface area contributed by atoms with E-state index in [1.165, 1.54) is 4.68 Å². The molecule has 3 rings (SSSR count). The first-order valence-electron chi connectivity index (χ1n) is 7.38. The van der Waals surface area contributed by atoms with Crippen LogP contribution in [0.2, 0.25) is 0 Å². The van der Waals surface area contributed by atoms with Crippen LogP contribution in [0.15, 0.2) is 53.3 Å². The summed E-state index contributed by atoms with van der Waals surface area (Å²) < 4.78 is 1.36. The molecule has 0 unspecified atom stereocenters. The molecule has 0 spiro atoms. The minimum absolute atomic E-state index is 0.198. The highest BCUT2D eigenvalue weighted by atomic mass is 16.2. The highest BCUT2D eigenvalue weighted by Crippen LogP contribution is 2.14. The number of carbonyl (C=O) groups excluding carboxylic acids is 1. The van der Waals surface area contributed by atoms with Crippen molar-refractivity contribution in [1.82, 2.24) is 15.1 Å². The molecule has 0 saturated carbocycles. The number of nitrogens with one attached hydrogen (secondary N) is 1. The molecule has 0 aliphatic carbocycles. The van der Waals surface area contributed by atoms with Gasteiger partial charge in [-0.25, -0.2) is 4.68 Å². The lowest BCUT2D eigenvalue weighted by atomic mass is 10.1. The smallest absolute Gasteiger partial charge is 0.274 e. The van der Waals surface area contributed by atoms with Crippen LogP contribution in [0.1, 0.15) is 21.6 Å². The summed E-state index contributed by atoms with van der Waals surface area (Å²) in [6.07, 6.45) is 0. The predicted octanol–water partition coefficient (Wildman–Crippen LogP) is 2.11. The van der Waals surface area contributed by atoms with E-state index in [0.29, 0.717) is 17.3 Å². The van der Waals surface area contributed by atoms with Gasteiger partial charge >= 0.3 is 0 Å². The Morgan fingerprint density at radius 2 is 1.74 bits per heavy atom. The third-order valence-electron chi connectivity index (χ3n) is 3.89. The number of fused-ring (bicyclic) bond motifs is 1. The Morgan fingerprint density at radius 1 is 1.09 bits per heavy atom. The van der Waals surface area contributed by atoms with Crippen molar-refractivity contribution in [2.75, 3.05) is 7.05 Å². The Bertz CT molecular complexity index is 944. The van der Waals surface area contributed by atoms with Crippen LogP contribution in [0, 0.1) is 6.92 Å². The maximum atomic E-state index is 12.7. The number of benzene rings is 2. The molecule has 0 saturated heterocycles. The normalized spacial score (nSPS) is 10.7. The van der Waals surface area contributed by atoms with Crippen LogP contribution in [0.25, 0.3) is 10.8 Å². The molecule has 116 valence electrons. The molecular weight excluding hydrogens is 290 g/mol. The fourth-order valence-electron chi connectivity index (χ4n) is 2.58. The second-order valence-corrected chi connectivity index (χ2v) is 5.36. The van der Waals surface area contributed by atoms with Gasteiger partial charge in [0.05, 0.1) is 11.9 Å². The first kappa shape index (κ1) is 15.0. The van der Waals surface area contributed by atoms with Gasteiger partial charge in [-0.1, -0.05) is 42.5 Å². The van der Waals surface area contributed by atoms with E-state index in [4.69, 9.17) is 0 Å². The van der Waals surface area contributed by atoms with E-state index in [1.807, 2.05) is 31.2 Å². The quantitative estimate of drug-likeness (QED) is 0.806. The van der Waals surface area contributed by atoms with Crippen molar-refractivity contribution in [3.8, 4) is 0 Å². The zero-order valence-electron chi connectivity index (χ0n) is 13.0. The van der Waals surface area contributed by atoms with Crippen molar-refractivity contribution in [3.05, 3.63) is 75.7 Å². The van der Waals surface area contributed by atoms with Gasteiger partial charge in [0.15, 0.2) is 5.69 Å². The lowest BCUT2D eigenvalue weighted by Crippen LogP contribution is -2.29. The first-order chi connectivity index (χ1) is 11.1. The van der Waals surface area contributed by atoms with Crippen LogP contribution < -0.4 is 10.9 Å². The predicted molar refractivity (Wildman–Crippen MR) is 89.7 cm³/mol. The van der Waals surface area contributed by atoms with E-state index in [-0.39, 0.29) is 17.2 Å². The molecule has 1 aromatic heterocycles. The van der Waals surface area contributed by atoms with E-state index in [1.54, 1.807) is 31.3 Å². The molecule has 1 heterocycles. The average molecular weight is 307 g/mol. The Morgan fingerprint density at radius 3 is 2.43 bits per heavy atom. The Hall–Kier alpha value is -2.95. The maximum Gasteiger partial charge on any atom is 0.274 e. The van der Waals surface area contributed by atoms with Crippen LogP contribution in [0.5, 0.6) is 0 Å². The van der Waals surface area contributed by atoms with Crippen LogP contribution in [0.4, 0.5) is 0 Å². The summed E-state index contributed by atoms with van der Waals surface area (Å²) in [6, 6.07) is 14.9. The van der Waals surface area contributed by atoms with E-state index in [0.717, 1.165) is 11.1 Å². The van der Waals surface area contributed by atoms with Crippen LogP contribution in [-0.4, -0.2) is 22.7 Å². The highest BCUT2D eigenvalue weighted by molar-refractivity contribution is 6.04. The van der Waals surface area contributed by atoms with E-state index < -0.39 is 0 Å². The molecule has 1 amide bonds. The van der Waals surface area contributed by atoms with Crippen molar-refractivity contribution in [1.29, 1.82) is 0 Å². The summed E-state index contributed by atoms with van der Waals surface area (Å²) in [5.74, 6) is -0.306. The van der Waals surface area contributed by atoms with E-state index >= 15 is 0 Å². The third kappa shape index (κ3) is 2.73. The zero-order chi connectivity index (χ0) is 16.4. The van der Waals surface area contributed by atoms with E-state index in [9.17, 15) is 9.59 Å². The number of hydrogen-bond donors (Lipinski definition) is 1. The lowest BCUT2D eigenvalue weighted by molar-refractivity contribution is 0.0957. The Labute approximate surface area is 133 Å². The minimum atomic E-state index is -0.306. The lowest BCUT2D eigenvalue weighted by Gasteiger charge is -2.11. The summed E-state index contributed by atoms with van der Waals surface area (Å²) in [5.41, 5.74) is 2.14. The van der Waals surface area contributed by atoms with Crippen molar-refractivity contribution < 1.29 is 4.79 Å². The molecule has 0 aliphatic rings. The molecule has 0 bridgehead atoms. The van der Waals surface area contributed by atoms with Gasteiger partial charge in [0, 0.05) is 12.4 Å². The molecule has 0 fully saturated rings. The molecule has 0 aliphatic heterocycles. The van der Waals surface area contributed by atoms with Crippen molar-refractivity contribution in [3.63, 3.8) is 0 Å². The fourth-order valence-corrected chi connectivity index (χ4v) is 2.58. The van der Waals surface area contributed by atoms with Gasteiger partial charge in [0.25, 0.3) is 11.5 Å². The van der Waals surface area contributed by atoms with Crippen LogP contribution in [0.3, 0.4) is 0 Å². The van der Waals surface area contributed by atoms with E-state index in [2.05, 4.69) is 10.4 Å². The summed E-state index contributed by atoms with van der Waals surface area (Å²) in [4.78, 5) is 24.8. The molecule has 2 aromatic carbocycles. The maximum absolute atomic E-state index is 12.7. The topological polar surface area (TPSA) is 64.0 Å². The number of amides is 1. The van der Waals surface area contributed by atoms with Crippen LogP contribution in [-0.2, 0) is 6.54 Å². The summed E-state index contributed by atoms with van der Waals surface area (Å²) in [7, 11) is 1.55. The summed E-state index contributed by atoms with van der Waals surface area (Å²) >= 11 is 0. The SMILES string of the molecule is CNC(=O)c1nn(Cc2ccccc2C)c(=O)c2ccccc12. The van der Waals surface area contributed by atoms with Gasteiger partial charge in [-0.05, 0) is 24.1 Å².